The van der Waals surface area contributed by atoms with E-state index in [1.54, 1.807) is 13.2 Å². The minimum atomic E-state index is -1.08. The van der Waals surface area contributed by atoms with E-state index in [9.17, 15) is 18.4 Å². The maximum Gasteiger partial charge on any atom is 0.251 e. The summed E-state index contributed by atoms with van der Waals surface area (Å²) in [6.07, 6.45) is -0.247. The summed E-state index contributed by atoms with van der Waals surface area (Å²) in [5.74, 6) is -1.96. The van der Waals surface area contributed by atoms with Crippen molar-refractivity contribution in [2.45, 2.75) is 19.1 Å². The van der Waals surface area contributed by atoms with E-state index in [-0.39, 0.29) is 18.7 Å². The van der Waals surface area contributed by atoms with Gasteiger partial charge < -0.3 is 20.1 Å². The Kier molecular flexibility index (Phi) is 5.87. The van der Waals surface area contributed by atoms with Crippen molar-refractivity contribution in [3.8, 4) is 16.9 Å². The maximum atomic E-state index is 13.4. The molecule has 1 aliphatic heterocycles. The number of nitrogens with one attached hydrogen (secondary N) is 2. The van der Waals surface area contributed by atoms with Gasteiger partial charge in [-0.05, 0) is 29.8 Å². The minimum absolute atomic E-state index is 0.0881. The van der Waals surface area contributed by atoms with Crippen LogP contribution in [0.4, 0.5) is 20.3 Å². The Morgan fingerprint density at radius 3 is 2.72 bits per heavy atom. The summed E-state index contributed by atoms with van der Waals surface area (Å²) in [5, 5.41) is 9.77. The number of carbonyl (C=O) groups is 2. The van der Waals surface area contributed by atoms with Gasteiger partial charge in [0.15, 0.2) is 11.6 Å². The molecular formula is C22H20F2N4O4. The predicted molar refractivity (Wildman–Crippen MR) is 112 cm³/mol. The molecule has 0 spiro atoms. The highest BCUT2D eigenvalue weighted by atomic mass is 19.2. The molecular weight excluding hydrogens is 422 g/mol. The fourth-order valence-corrected chi connectivity index (χ4v) is 3.60. The number of rotatable bonds is 7. The summed E-state index contributed by atoms with van der Waals surface area (Å²) in [5.41, 5.74) is 2.11. The molecule has 0 saturated carbocycles. The number of benzene rings is 2. The molecule has 1 aromatic heterocycles. The third-order valence-electron chi connectivity index (χ3n) is 5.04. The Morgan fingerprint density at radius 1 is 1.19 bits per heavy atom. The molecule has 1 aliphatic rings. The monoisotopic (exact) mass is 442 g/mol. The van der Waals surface area contributed by atoms with Gasteiger partial charge in [0, 0.05) is 18.9 Å². The first-order valence-corrected chi connectivity index (χ1v) is 9.71. The number of amides is 2. The molecule has 2 amide bonds. The summed E-state index contributed by atoms with van der Waals surface area (Å²) >= 11 is 0. The second-order valence-corrected chi connectivity index (χ2v) is 7.17. The van der Waals surface area contributed by atoms with Crippen molar-refractivity contribution in [2.75, 3.05) is 24.9 Å². The highest BCUT2D eigenvalue weighted by Gasteiger charge is 2.37. The number of ether oxygens (including phenoxy) is 2. The molecule has 1 atom stereocenters. The van der Waals surface area contributed by atoms with E-state index in [0.717, 1.165) is 17.7 Å². The lowest BCUT2D eigenvalue weighted by Crippen LogP contribution is -2.24. The number of fused-ring (bicyclic) bond motifs is 1. The van der Waals surface area contributed by atoms with Crippen molar-refractivity contribution >= 4 is 23.3 Å². The largest absolute Gasteiger partial charge is 0.497 e. The van der Waals surface area contributed by atoms with Crippen LogP contribution in [0.25, 0.3) is 11.1 Å². The summed E-state index contributed by atoms with van der Waals surface area (Å²) < 4.78 is 38.5. The molecule has 2 N–H and O–H groups in total. The van der Waals surface area contributed by atoms with Gasteiger partial charge in [-0.25, -0.2) is 13.5 Å². The number of halogens is 2. The number of methoxy groups -OCH3 is 2. The molecule has 10 heteroatoms. The summed E-state index contributed by atoms with van der Waals surface area (Å²) in [6.45, 7) is 0.191. The van der Waals surface area contributed by atoms with Gasteiger partial charge in [-0.1, -0.05) is 12.1 Å². The van der Waals surface area contributed by atoms with Crippen molar-refractivity contribution in [2.24, 2.45) is 0 Å². The van der Waals surface area contributed by atoms with Gasteiger partial charge in [-0.15, -0.1) is 0 Å². The van der Waals surface area contributed by atoms with Crippen molar-refractivity contribution in [1.29, 1.82) is 0 Å². The second-order valence-electron chi connectivity index (χ2n) is 7.17. The van der Waals surface area contributed by atoms with Crippen molar-refractivity contribution < 1.29 is 27.8 Å². The molecule has 0 fully saturated rings. The fourth-order valence-electron chi connectivity index (χ4n) is 3.60. The zero-order chi connectivity index (χ0) is 22.8. The highest BCUT2D eigenvalue weighted by Crippen LogP contribution is 2.39. The van der Waals surface area contributed by atoms with Crippen LogP contribution in [0.5, 0.6) is 5.75 Å². The van der Waals surface area contributed by atoms with Crippen molar-refractivity contribution in [3.05, 3.63) is 59.8 Å². The zero-order valence-electron chi connectivity index (χ0n) is 17.3. The number of hydrogen-bond donors (Lipinski definition) is 2. The summed E-state index contributed by atoms with van der Waals surface area (Å²) in [4.78, 5) is 25.1. The van der Waals surface area contributed by atoms with E-state index < -0.39 is 29.5 Å². The van der Waals surface area contributed by atoms with Gasteiger partial charge in [-0.3, -0.25) is 9.59 Å². The Morgan fingerprint density at radius 2 is 2.00 bits per heavy atom. The highest BCUT2D eigenvalue weighted by molar-refractivity contribution is 6.04. The van der Waals surface area contributed by atoms with Gasteiger partial charge in [0.25, 0.3) is 5.91 Å². The molecule has 0 aliphatic carbocycles. The molecule has 0 radical (unpaired) electrons. The summed E-state index contributed by atoms with van der Waals surface area (Å²) in [6, 6.07) is 9.40. The predicted octanol–water partition coefficient (Wildman–Crippen LogP) is 3.51. The van der Waals surface area contributed by atoms with Crippen LogP contribution in [0.1, 0.15) is 18.2 Å². The molecule has 2 heterocycles. The van der Waals surface area contributed by atoms with E-state index in [1.165, 1.54) is 17.9 Å². The topological polar surface area (TPSA) is 94.5 Å². The lowest BCUT2D eigenvalue weighted by molar-refractivity contribution is -0.123. The van der Waals surface area contributed by atoms with Crippen LogP contribution >= 0.6 is 0 Å². The van der Waals surface area contributed by atoms with E-state index in [2.05, 4.69) is 15.7 Å². The average molecular weight is 442 g/mol. The lowest BCUT2D eigenvalue weighted by Gasteiger charge is -2.10. The number of carbonyl (C=O) groups excluding carboxylic acids is 2. The van der Waals surface area contributed by atoms with Crippen LogP contribution < -0.4 is 15.4 Å². The first-order chi connectivity index (χ1) is 15.4. The third-order valence-corrected chi connectivity index (χ3v) is 5.04. The normalized spacial score (nSPS) is 14.8. The van der Waals surface area contributed by atoms with Crippen LogP contribution in [0.2, 0.25) is 0 Å². The van der Waals surface area contributed by atoms with Crippen LogP contribution in [-0.4, -0.2) is 35.8 Å². The minimum Gasteiger partial charge on any atom is -0.497 e. The van der Waals surface area contributed by atoms with Gasteiger partial charge >= 0.3 is 0 Å². The molecule has 2 aromatic carbocycles. The molecule has 8 nitrogen and oxygen atoms in total. The van der Waals surface area contributed by atoms with E-state index in [0.29, 0.717) is 22.8 Å². The van der Waals surface area contributed by atoms with E-state index in [4.69, 9.17) is 9.47 Å². The Balaban J connectivity index is 1.63. The van der Waals surface area contributed by atoms with Crippen molar-refractivity contribution in [3.63, 3.8) is 0 Å². The molecule has 0 saturated heterocycles. The number of aromatic nitrogens is 2. The van der Waals surface area contributed by atoms with E-state index >= 15 is 0 Å². The Hall–Kier alpha value is -3.79. The number of hydrogen-bond acceptors (Lipinski definition) is 5. The first-order valence-electron chi connectivity index (χ1n) is 9.71. The molecule has 3 aromatic rings. The fraction of sp³-hybridized carbons (Fsp3) is 0.227. The van der Waals surface area contributed by atoms with Crippen LogP contribution in [0.3, 0.4) is 0 Å². The summed E-state index contributed by atoms with van der Waals surface area (Å²) in [7, 11) is 3.09. The quantitative estimate of drug-likeness (QED) is 0.584. The standard InChI is InChI=1S/C22H20F2N4O4/c1-31-11-17-20(12-4-3-5-14(8-12)32-2)21-26-22(30)18(28(21)27-17)10-19(29)25-13-6-7-15(23)16(24)9-13/h3-9,18H,10-11H2,1-2H3,(H,25,29)(H,26,30). The third kappa shape index (κ3) is 4.04. The van der Waals surface area contributed by atoms with Crippen LogP contribution in [0.15, 0.2) is 42.5 Å². The Bertz CT molecular complexity index is 1190. The van der Waals surface area contributed by atoms with Crippen LogP contribution in [0, 0.1) is 11.6 Å². The Labute approximate surface area is 182 Å². The van der Waals surface area contributed by atoms with Crippen LogP contribution in [-0.2, 0) is 20.9 Å². The first kappa shape index (κ1) is 21.4. The second kappa shape index (κ2) is 8.75. The van der Waals surface area contributed by atoms with Crippen molar-refractivity contribution in [1.82, 2.24) is 9.78 Å². The molecule has 166 valence electrons. The number of anilines is 2. The lowest BCUT2D eigenvalue weighted by atomic mass is 10.1. The maximum absolute atomic E-state index is 13.4. The SMILES string of the molecule is COCc1nn2c(c1-c1cccc(OC)c1)NC(=O)C2CC(=O)Nc1ccc(F)c(F)c1. The average Bonchev–Trinajstić information content (AvgIpc) is 3.26. The van der Waals surface area contributed by atoms with Gasteiger partial charge in [0.05, 0.1) is 31.4 Å². The smallest absolute Gasteiger partial charge is 0.251 e. The zero-order valence-corrected chi connectivity index (χ0v) is 17.3. The van der Waals surface area contributed by atoms with Gasteiger partial charge in [-0.2, -0.15) is 5.10 Å². The van der Waals surface area contributed by atoms with E-state index in [1.807, 2.05) is 18.2 Å². The molecule has 32 heavy (non-hydrogen) atoms. The van der Waals surface area contributed by atoms with Gasteiger partial charge in [0.2, 0.25) is 5.91 Å². The number of nitrogens with zero attached hydrogens (tertiary/aromatic N) is 2. The molecule has 1 unspecified atom stereocenters. The molecule has 4 rings (SSSR count). The van der Waals surface area contributed by atoms with Gasteiger partial charge in [0.1, 0.15) is 17.6 Å². The molecule has 0 bridgehead atoms.